The first-order valence-electron chi connectivity index (χ1n) is 5.87. The third-order valence-corrected chi connectivity index (χ3v) is 3.78. The Labute approximate surface area is 120 Å². The number of nitrogens with one attached hydrogen (secondary N) is 1. The second kappa shape index (κ2) is 5.66. The van der Waals surface area contributed by atoms with Crippen molar-refractivity contribution in [2.75, 3.05) is 11.1 Å². The summed E-state index contributed by atoms with van der Waals surface area (Å²) >= 11 is 0. The van der Waals surface area contributed by atoms with Gasteiger partial charge in [-0.2, -0.15) is 0 Å². The quantitative estimate of drug-likeness (QED) is 0.750. The number of hydrogen-bond acceptors (Lipinski definition) is 4. The molecule has 21 heavy (non-hydrogen) atoms. The lowest BCUT2D eigenvalue weighted by atomic mass is 10.2. The predicted octanol–water partition coefficient (Wildman–Crippen LogP) is 1.81. The van der Waals surface area contributed by atoms with Crippen LogP contribution in [0.15, 0.2) is 41.3 Å². The number of rotatable bonds is 4. The molecule has 0 fully saturated rings. The number of primary sulfonamides is 1. The van der Waals surface area contributed by atoms with E-state index in [2.05, 4.69) is 5.32 Å². The van der Waals surface area contributed by atoms with E-state index in [0.29, 0.717) is 11.3 Å². The second-order valence-electron chi connectivity index (χ2n) is 4.40. The molecular formula is C13H13F2N3O2S. The maximum Gasteiger partial charge on any atom is 0.240 e. The van der Waals surface area contributed by atoms with E-state index in [4.69, 9.17) is 10.9 Å². The molecule has 0 radical (unpaired) electrons. The zero-order valence-corrected chi connectivity index (χ0v) is 11.6. The Morgan fingerprint density at radius 2 is 1.76 bits per heavy atom. The fourth-order valence-corrected chi connectivity index (χ4v) is 2.42. The first-order chi connectivity index (χ1) is 9.77. The summed E-state index contributed by atoms with van der Waals surface area (Å²) < 4.78 is 48.3. The topological polar surface area (TPSA) is 98.2 Å². The van der Waals surface area contributed by atoms with Crippen molar-refractivity contribution in [3.8, 4) is 0 Å². The van der Waals surface area contributed by atoms with Gasteiger partial charge in [0.25, 0.3) is 0 Å². The van der Waals surface area contributed by atoms with Crippen molar-refractivity contribution < 1.29 is 17.2 Å². The van der Waals surface area contributed by atoms with Crippen LogP contribution in [0.2, 0.25) is 0 Å². The summed E-state index contributed by atoms with van der Waals surface area (Å²) in [5, 5.41) is 7.92. The van der Waals surface area contributed by atoms with Crippen molar-refractivity contribution in [3.05, 3.63) is 53.6 Å². The van der Waals surface area contributed by atoms with E-state index in [1.807, 2.05) is 0 Å². The average molecular weight is 313 g/mol. The molecule has 0 unspecified atom stereocenters. The SMILES string of the molecule is Nc1cc(NCc2ccc(F)c(F)c2)ccc1S(N)(=O)=O. The molecule has 0 aromatic heterocycles. The molecule has 5 nitrogen and oxygen atoms in total. The van der Waals surface area contributed by atoms with Crippen LogP contribution in [0.4, 0.5) is 20.2 Å². The predicted molar refractivity (Wildman–Crippen MR) is 75.9 cm³/mol. The fourth-order valence-electron chi connectivity index (χ4n) is 1.77. The smallest absolute Gasteiger partial charge is 0.240 e. The zero-order valence-electron chi connectivity index (χ0n) is 10.8. The molecular weight excluding hydrogens is 300 g/mol. The van der Waals surface area contributed by atoms with Gasteiger partial charge in [-0.3, -0.25) is 0 Å². The Hall–Kier alpha value is -2.19. The van der Waals surface area contributed by atoms with Crippen LogP contribution in [-0.2, 0) is 16.6 Å². The molecule has 0 atom stereocenters. The van der Waals surface area contributed by atoms with Gasteiger partial charge in [0, 0.05) is 12.2 Å². The number of hydrogen-bond donors (Lipinski definition) is 3. The molecule has 112 valence electrons. The minimum atomic E-state index is -3.87. The normalized spacial score (nSPS) is 11.4. The second-order valence-corrected chi connectivity index (χ2v) is 5.93. The van der Waals surface area contributed by atoms with E-state index in [-0.39, 0.29) is 17.1 Å². The van der Waals surface area contributed by atoms with Crippen LogP contribution in [0.1, 0.15) is 5.56 Å². The van der Waals surface area contributed by atoms with Gasteiger partial charge in [-0.25, -0.2) is 22.3 Å². The fraction of sp³-hybridized carbons (Fsp3) is 0.0769. The van der Waals surface area contributed by atoms with Crippen molar-refractivity contribution in [1.82, 2.24) is 0 Å². The van der Waals surface area contributed by atoms with E-state index >= 15 is 0 Å². The van der Waals surface area contributed by atoms with E-state index < -0.39 is 21.7 Å². The molecule has 2 rings (SSSR count). The lowest BCUT2D eigenvalue weighted by Gasteiger charge is -2.09. The van der Waals surface area contributed by atoms with Crippen LogP contribution < -0.4 is 16.2 Å². The molecule has 0 aliphatic carbocycles. The third kappa shape index (κ3) is 3.67. The summed E-state index contributed by atoms with van der Waals surface area (Å²) in [6.45, 7) is 0.228. The van der Waals surface area contributed by atoms with Crippen LogP contribution >= 0.6 is 0 Å². The van der Waals surface area contributed by atoms with Gasteiger partial charge < -0.3 is 11.1 Å². The molecule has 0 amide bonds. The lowest BCUT2D eigenvalue weighted by molar-refractivity contribution is 0.507. The number of nitrogens with two attached hydrogens (primary N) is 2. The lowest BCUT2D eigenvalue weighted by Crippen LogP contribution is -2.14. The van der Waals surface area contributed by atoms with E-state index in [1.165, 1.54) is 24.3 Å². The molecule has 0 aliphatic rings. The largest absolute Gasteiger partial charge is 0.398 e. The third-order valence-electron chi connectivity index (χ3n) is 2.80. The molecule has 2 aromatic rings. The number of benzene rings is 2. The van der Waals surface area contributed by atoms with Gasteiger partial charge in [-0.05, 0) is 35.9 Å². The van der Waals surface area contributed by atoms with Crippen LogP contribution in [-0.4, -0.2) is 8.42 Å². The van der Waals surface area contributed by atoms with Crippen molar-refractivity contribution in [1.29, 1.82) is 0 Å². The maximum atomic E-state index is 13.0. The molecule has 0 aliphatic heterocycles. The highest BCUT2D eigenvalue weighted by atomic mass is 32.2. The molecule has 2 aromatic carbocycles. The van der Waals surface area contributed by atoms with Crippen molar-refractivity contribution in [2.24, 2.45) is 5.14 Å². The summed E-state index contributed by atoms with van der Waals surface area (Å²) in [7, 11) is -3.87. The van der Waals surface area contributed by atoms with Crippen molar-refractivity contribution >= 4 is 21.4 Å². The van der Waals surface area contributed by atoms with Gasteiger partial charge in [0.15, 0.2) is 11.6 Å². The summed E-state index contributed by atoms with van der Waals surface area (Å²) in [6.07, 6.45) is 0. The Kier molecular flexibility index (Phi) is 4.10. The average Bonchev–Trinajstić information content (AvgIpc) is 2.39. The standard InChI is InChI=1S/C13H13F2N3O2S/c14-10-3-1-8(5-11(10)15)7-18-9-2-4-13(12(16)6-9)21(17,19)20/h1-6,18H,7,16H2,(H2,17,19,20). The van der Waals surface area contributed by atoms with Gasteiger partial charge in [-0.15, -0.1) is 0 Å². The Morgan fingerprint density at radius 1 is 1.05 bits per heavy atom. The number of anilines is 2. The van der Waals surface area contributed by atoms with Gasteiger partial charge in [0.05, 0.1) is 5.69 Å². The van der Waals surface area contributed by atoms with Crippen LogP contribution in [0.25, 0.3) is 0 Å². The van der Waals surface area contributed by atoms with Crippen LogP contribution in [0, 0.1) is 11.6 Å². The first-order valence-corrected chi connectivity index (χ1v) is 7.42. The Balaban J connectivity index is 2.14. The number of sulfonamides is 1. The monoisotopic (exact) mass is 313 g/mol. The summed E-state index contributed by atoms with van der Waals surface area (Å²) in [6, 6.07) is 7.70. The van der Waals surface area contributed by atoms with Crippen LogP contribution in [0.3, 0.4) is 0 Å². The minimum absolute atomic E-state index is 0.00721. The Bertz CT molecular complexity index is 779. The summed E-state index contributed by atoms with van der Waals surface area (Å²) in [4.78, 5) is -0.166. The highest BCUT2D eigenvalue weighted by Gasteiger charge is 2.12. The number of nitrogen functional groups attached to an aromatic ring is 1. The molecule has 0 bridgehead atoms. The van der Waals surface area contributed by atoms with Crippen LogP contribution in [0.5, 0.6) is 0 Å². The van der Waals surface area contributed by atoms with Gasteiger partial charge >= 0.3 is 0 Å². The van der Waals surface area contributed by atoms with Crippen molar-refractivity contribution in [2.45, 2.75) is 11.4 Å². The minimum Gasteiger partial charge on any atom is -0.398 e. The van der Waals surface area contributed by atoms with Crippen molar-refractivity contribution in [3.63, 3.8) is 0 Å². The van der Waals surface area contributed by atoms with E-state index in [9.17, 15) is 17.2 Å². The molecule has 0 spiro atoms. The highest BCUT2D eigenvalue weighted by Crippen LogP contribution is 2.22. The highest BCUT2D eigenvalue weighted by molar-refractivity contribution is 7.89. The van der Waals surface area contributed by atoms with Gasteiger partial charge in [-0.1, -0.05) is 6.07 Å². The number of halogens is 2. The molecule has 0 saturated heterocycles. The van der Waals surface area contributed by atoms with E-state index in [0.717, 1.165) is 12.1 Å². The van der Waals surface area contributed by atoms with E-state index in [1.54, 1.807) is 0 Å². The molecule has 0 heterocycles. The molecule has 5 N–H and O–H groups in total. The zero-order chi connectivity index (χ0) is 15.6. The molecule has 0 saturated carbocycles. The maximum absolute atomic E-state index is 13.0. The molecule has 8 heteroatoms. The first kappa shape index (κ1) is 15.2. The summed E-state index contributed by atoms with van der Waals surface area (Å²) in [5.41, 5.74) is 6.68. The van der Waals surface area contributed by atoms with Gasteiger partial charge in [0.2, 0.25) is 10.0 Å². The Morgan fingerprint density at radius 3 is 2.33 bits per heavy atom. The van der Waals surface area contributed by atoms with Gasteiger partial charge in [0.1, 0.15) is 4.90 Å². The summed E-state index contributed by atoms with van der Waals surface area (Å²) in [5.74, 6) is -1.85.